The van der Waals surface area contributed by atoms with Crippen molar-refractivity contribution in [3.05, 3.63) is 147 Å². The minimum Gasteiger partial charge on any atom is -0.194 e. The number of hydrogen-bond acceptors (Lipinski definition) is 0. The Balaban J connectivity index is 0.000000906. The van der Waals surface area contributed by atoms with Crippen LogP contribution in [0, 0.1) is 29.6 Å². The fourth-order valence-electron chi connectivity index (χ4n) is 8.04. The molecule has 1 saturated carbocycles. The number of halogens is 24. The number of alkyl halides is 24. The Morgan fingerprint density at radius 2 is 0.387 bits per heavy atom. The molecule has 0 heterocycles. The molecule has 0 N–H and O–H groups in total. The maximum absolute atomic E-state index is 14.2. The maximum atomic E-state index is 14.2. The number of hydrogen-bond donors (Lipinski definition) is 0. The van der Waals surface area contributed by atoms with Gasteiger partial charge in [0, 0.05) is 0 Å². The van der Waals surface area contributed by atoms with Crippen molar-refractivity contribution < 1.29 is 125 Å². The van der Waals surface area contributed by atoms with Crippen molar-refractivity contribution in [2.75, 3.05) is 32.6 Å². The zero-order chi connectivity index (χ0) is 57.7. The van der Waals surface area contributed by atoms with E-state index in [1.54, 1.807) is 0 Å². The monoisotopic (exact) mass is 1240 g/mol. The van der Waals surface area contributed by atoms with Crippen LogP contribution in [-0.4, -0.2) is 38.7 Å². The quantitative estimate of drug-likeness (QED) is 0.103. The van der Waals surface area contributed by atoms with Crippen LogP contribution < -0.4 is 21.9 Å². The second-order valence-electron chi connectivity index (χ2n) is 17.6. The van der Waals surface area contributed by atoms with Crippen LogP contribution >= 0.6 is 15.8 Å². The Morgan fingerprint density at radius 1 is 0.267 bits per heavy atom. The molecule has 0 aliphatic heterocycles. The van der Waals surface area contributed by atoms with Crippen molar-refractivity contribution in [1.29, 1.82) is 0 Å². The molecule has 4 aromatic rings. The van der Waals surface area contributed by atoms with Crippen LogP contribution in [0.2, 0.25) is 0 Å². The van der Waals surface area contributed by atoms with Gasteiger partial charge in [-0.25, -0.2) is 0 Å². The van der Waals surface area contributed by atoms with Crippen LogP contribution in [0.5, 0.6) is 0 Å². The summed E-state index contributed by atoms with van der Waals surface area (Å²) >= 11 is 0. The number of benzene rings is 4. The van der Waals surface area contributed by atoms with Gasteiger partial charge in [-0.15, -0.1) is 15.8 Å². The van der Waals surface area contributed by atoms with Crippen molar-refractivity contribution in [1.82, 2.24) is 0 Å². The van der Waals surface area contributed by atoms with E-state index in [0.29, 0.717) is 15.8 Å². The summed E-state index contributed by atoms with van der Waals surface area (Å²) in [5, 5.41) is 0. The molecule has 28 heteroatoms. The third-order valence-electron chi connectivity index (χ3n) is 11.8. The second kappa shape index (κ2) is 23.6. The molecule has 1 fully saturated rings. The van der Waals surface area contributed by atoms with Gasteiger partial charge in [-0.05, 0) is 86.4 Å². The first-order chi connectivity index (χ1) is 32.9. The molecule has 0 amide bonds. The molecule has 0 aromatic heterocycles. The molecule has 0 spiro atoms. The predicted octanol–water partition coefficient (Wildman–Crippen LogP) is 16.6. The molecular weight excluding hydrogens is 1190 g/mol. The zero-order valence-corrected chi connectivity index (χ0v) is 43.6. The second-order valence-corrected chi connectivity index (χ2v) is 23.1. The Labute approximate surface area is 431 Å². The average Bonchev–Trinajstić information content (AvgIpc) is 3.38. The summed E-state index contributed by atoms with van der Waals surface area (Å²) in [7, 11) is 0.778. The summed E-state index contributed by atoms with van der Waals surface area (Å²) in [5.74, 6) is 8.83. The normalized spacial score (nSPS) is 15.7. The van der Waals surface area contributed by atoms with Gasteiger partial charge >= 0.3 is 68.9 Å². The first-order valence-electron chi connectivity index (χ1n) is 20.8. The SMILES string of the molecule is CP(C)CP(C)C.C[C]1[C](C)[C](C)[C](C)[C]1C.FC(F)(F)c1cc([B-](c2cc(C(F)(F)F)cc(C(F)(F)F)c2)(c2cc(C(F)(F)F)cc(C(F)(F)F)c2)c2cc(C(F)(F)F)cc(C(F)(F)F)c2)cc(C(F)(F)F)c1.[Ru+2]. The largest absolute Gasteiger partial charge is 2.00 e. The molecule has 0 unspecified atom stereocenters. The van der Waals surface area contributed by atoms with Crippen LogP contribution in [0.25, 0.3) is 0 Å². The standard InChI is InChI=1S/C32H12BF24.C10H15.C5H14P2.Ru/c34-25(35,36)13-1-14(26(37,38)39)6-21(5-13)33(22-7-15(27(40,41)42)2-16(8-22)28(43,44)45,23-9-17(29(46,47)48)3-18(10-23)30(49,50)51)24-11-19(31(52,53)54)4-20(12-24)32(55,56)57;1-6-7(2)9(4)10(5)8(6)3;1-6(2)5-7(3)4;/h1-12H;1-5H3;5H2,1-4H3;/q-1;;;+2. The molecule has 417 valence electrons. The Kier molecular flexibility index (Phi) is 21.4. The van der Waals surface area contributed by atoms with Gasteiger partial charge in [-0.3, -0.25) is 0 Å². The fourth-order valence-corrected chi connectivity index (χ4v) is 12.6. The first kappa shape index (κ1) is 67.9. The van der Waals surface area contributed by atoms with E-state index in [0.717, 1.165) is 0 Å². The van der Waals surface area contributed by atoms with E-state index in [2.05, 4.69) is 61.3 Å². The predicted molar refractivity (Wildman–Crippen MR) is 237 cm³/mol. The third kappa shape index (κ3) is 16.9. The van der Waals surface area contributed by atoms with Crippen LogP contribution in [0.15, 0.2) is 72.8 Å². The number of rotatable bonds is 6. The third-order valence-corrected chi connectivity index (χ3v) is 16.3. The van der Waals surface area contributed by atoms with Gasteiger partial charge in [0.2, 0.25) is 0 Å². The minimum absolute atomic E-state index is 0. The zero-order valence-electron chi connectivity index (χ0n) is 40.0. The molecule has 1 aliphatic rings. The average molecular weight is 1240 g/mol. The van der Waals surface area contributed by atoms with Gasteiger partial charge in [-0.2, -0.15) is 127 Å². The summed E-state index contributed by atoms with van der Waals surface area (Å²) in [6.45, 7) is 20.4. The van der Waals surface area contributed by atoms with Gasteiger partial charge in [-0.1, -0.05) is 83.1 Å². The van der Waals surface area contributed by atoms with Gasteiger partial charge in [0.1, 0.15) is 6.15 Å². The smallest absolute Gasteiger partial charge is 0.194 e. The molecule has 75 heavy (non-hydrogen) atoms. The van der Waals surface area contributed by atoms with Gasteiger partial charge in [0.25, 0.3) is 0 Å². The van der Waals surface area contributed by atoms with Crippen molar-refractivity contribution in [2.45, 2.75) is 84.0 Å². The summed E-state index contributed by atoms with van der Waals surface area (Å²) in [6.07, 6.45) is -54.8. The Bertz CT molecular complexity index is 2060. The van der Waals surface area contributed by atoms with E-state index < -0.39 is 195 Å². The van der Waals surface area contributed by atoms with Crippen LogP contribution in [0.3, 0.4) is 0 Å². The van der Waals surface area contributed by atoms with Crippen molar-refractivity contribution >= 4 is 43.8 Å². The van der Waals surface area contributed by atoms with Crippen molar-refractivity contribution in [2.24, 2.45) is 0 Å². The van der Waals surface area contributed by atoms with E-state index in [9.17, 15) is 105 Å². The minimum atomic E-state index is -6.13. The van der Waals surface area contributed by atoms with Crippen molar-refractivity contribution in [3.8, 4) is 0 Å². The van der Waals surface area contributed by atoms with E-state index >= 15 is 0 Å². The van der Waals surface area contributed by atoms with Crippen LogP contribution in [-0.2, 0) is 68.9 Å². The molecule has 0 atom stereocenters. The Morgan fingerprint density at radius 3 is 0.467 bits per heavy atom. The van der Waals surface area contributed by atoms with E-state index in [-0.39, 0.29) is 19.5 Å². The first-order valence-corrected chi connectivity index (χ1v) is 25.6. The molecule has 0 saturated heterocycles. The van der Waals surface area contributed by atoms with E-state index in [1.165, 1.54) is 35.5 Å². The molecule has 0 nitrogen and oxygen atoms in total. The molecule has 5 radical (unpaired) electrons. The van der Waals surface area contributed by atoms with E-state index in [1.807, 2.05) is 0 Å². The summed E-state index contributed by atoms with van der Waals surface area (Å²) in [5.41, 5.74) is -30.2. The van der Waals surface area contributed by atoms with Crippen LogP contribution in [0.1, 0.15) is 79.1 Å². The fraction of sp³-hybridized carbons (Fsp3) is 0.383. The van der Waals surface area contributed by atoms with Gasteiger partial charge in [0.15, 0.2) is 0 Å². The maximum Gasteiger partial charge on any atom is 2.00 e. The van der Waals surface area contributed by atoms with Gasteiger partial charge in [0.05, 0.1) is 44.5 Å². The summed E-state index contributed by atoms with van der Waals surface area (Å²) < 4.78 is 341. The van der Waals surface area contributed by atoms with E-state index in [4.69, 9.17) is 0 Å². The topological polar surface area (TPSA) is 0 Å². The molecule has 4 aromatic carbocycles. The molecule has 0 bridgehead atoms. The van der Waals surface area contributed by atoms with Crippen LogP contribution in [0.4, 0.5) is 105 Å². The molecular formula is C47H41BF24P2Ru+. The van der Waals surface area contributed by atoms with Gasteiger partial charge < -0.3 is 0 Å². The Hall–Kier alpha value is -3.25. The molecule has 5 rings (SSSR count). The van der Waals surface area contributed by atoms with Crippen molar-refractivity contribution in [3.63, 3.8) is 0 Å². The molecule has 1 aliphatic carbocycles. The summed E-state index contributed by atoms with van der Waals surface area (Å²) in [4.78, 5) is 0. The summed E-state index contributed by atoms with van der Waals surface area (Å²) in [6, 6.07) is -8.81.